The van der Waals surface area contributed by atoms with Crippen LogP contribution in [0.3, 0.4) is 0 Å². The van der Waals surface area contributed by atoms with Crippen molar-refractivity contribution in [3.05, 3.63) is 35.6 Å². The Bertz CT molecular complexity index is 377. The Kier molecular flexibility index (Phi) is 5.80. The lowest BCUT2D eigenvalue weighted by Gasteiger charge is -2.20. The van der Waals surface area contributed by atoms with Crippen LogP contribution in [0.1, 0.15) is 38.2 Å². The van der Waals surface area contributed by atoms with E-state index in [4.69, 9.17) is 4.74 Å². The summed E-state index contributed by atoms with van der Waals surface area (Å²) in [6.45, 7) is 3.93. The normalized spacial score (nSPS) is 20.6. The minimum Gasteiger partial charge on any atom is -0.378 e. The first-order chi connectivity index (χ1) is 9.29. The Morgan fingerprint density at radius 3 is 2.95 bits per heavy atom. The van der Waals surface area contributed by atoms with Crippen LogP contribution in [0.5, 0.6) is 0 Å². The van der Waals surface area contributed by atoms with E-state index in [1.165, 1.54) is 12.8 Å². The smallest absolute Gasteiger partial charge is 0.126 e. The summed E-state index contributed by atoms with van der Waals surface area (Å²) in [6, 6.07) is 7.41. The van der Waals surface area contributed by atoms with E-state index in [0.717, 1.165) is 38.0 Å². The molecule has 3 heteroatoms. The summed E-state index contributed by atoms with van der Waals surface area (Å²) in [7, 11) is 0. The zero-order valence-corrected chi connectivity index (χ0v) is 11.7. The van der Waals surface area contributed by atoms with Crippen molar-refractivity contribution < 1.29 is 9.13 Å². The third kappa shape index (κ3) is 4.59. The zero-order valence-electron chi connectivity index (χ0n) is 11.7. The highest BCUT2D eigenvalue weighted by Gasteiger charge is 2.18. The van der Waals surface area contributed by atoms with Gasteiger partial charge in [0.2, 0.25) is 0 Å². The molecule has 1 aliphatic heterocycles. The molecule has 1 N–H and O–H groups in total. The lowest BCUT2D eigenvalue weighted by molar-refractivity contribution is 0.0996. The topological polar surface area (TPSA) is 21.3 Å². The van der Waals surface area contributed by atoms with Crippen LogP contribution >= 0.6 is 0 Å². The van der Waals surface area contributed by atoms with E-state index in [2.05, 4.69) is 12.2 Å². The lowest BCUT2D eigenvalue weighted by Crippen LogP contribution is -2.32. The van der Waals surface area contributed by atoms with Crippen LogP contribution in [0.25, 0.3) is 0 Å². The third-order valence-corrected chi connectivity index (χ3v) is 3.78. The van der Waals surface area contributed by atoms with Gasteiger partial charge < -0.3 is 10.1 Å². The predicted molar refractivity (Wildman–Crippen MR) is 75.8 cm³/mol. The van der Waals surface area contributed by atoms with Gasteiger partial charge in [-0.2, -0.15) is 0 Å². The average molecular weight is 265 g/mol. The monoisotopic (exact) mass is 265 g/mol. The van der Waals surface area contributed by atoms with Gasteiger partial charge in [0.05, 0.1) is 6.10 Å². The zero-order chi connectivity index (χ0) is 13.5. The van der Waals surface area contributed by atoms with Gasteiger partial charge in [0.15, 0.2) is 0 Å². The molecule has 0 aliphatic carbocycles. The van der Waals surface area contributed by atoms with Gasteiger partial charge in [0.1, 0.15) is 5.82 Å². The molecule has 106 valence electrons. The van der Waals surface area contributed by atoms with Crippen LogP contribution in [0.15, 0.2) is 24.3 Å². The maximum atomic E-state index is 13.7. The Morgan fingerprint density at radius 2 is 2.26 bits per heavy atom. The SMILES string of the molecule is CCNC(CCC1CCCO1)Cc1ccccc1F. The van der Waals surface area contributed by atoms with Crippen molar-refractivity contribution in [2.75, 3.05) is 13.2 Å². The number of benzene rings is 1. The number of likely N-dealkylation sites (N-methyl/N-ethyl adjacent to an activating group) is 1. The molecule has 1 aromatic rings. The van der Waals surface area contributed by atoms with Crippen molar-refractivity contribution in [3.63, 3.8) is 0 Å². The number of nitrogens with one attached hydrogen (secondary N) is 1. The third-order valence-electron chi connectivity index (χ3n) is 3.78. The van der Waals surface area contributed by atoms with Crippen molar-refractivity contribution in [1.29, 1.82) is 0 Å². The van der Waals surface area contributed by atoms with E-state index in [1.807, 2.05) is 12.1 Å². The fraction of sp³-hybridized carbons (Fsp3) is 0.625. The summed E-state index contributed by atoms with van der Waals surface area (Å²) in [5, 5.41) is 3.46. The summed E-state index contributed by atoms with van der Waals surface area (Å²) in [6.07, 6.45) is 5.66. The van der Waals surface area contributed by atoms with E-state index >= 15 is 0 Å². The van der Waals surface area contributed by atoms with Crippen LogP contribution in [-0.2, 0) is 11.2 Å². The molecule has 0 amide bonds. The summed E-state index contributed by atoms with van der Waals surface area (Å²) < 4.78 is 19.3. The molecule has 0 aromatic heterocycles. The number of rotatable bonds is 7. The maximum absolute atomic E-state index is 13.7. The minimum atomic E-state index is -0.0949. The molecule has 2 atom stereocenters. The van der Waals surface area contributed by atoms with Crippen molar-refractivity contribution >= 4 is 0 Å². The number of hydrogen-bond donors (Lipinski definition) is 1. The molecule has 1 saturated heterocycles. The molecule has 1 heterocycles. The molecular formula is C16H24FNO. The maximum Gasteiger partial charge on any atom is 0.126 e. The Labute approximate surface area is 115 Å². The standard InChI is InChI=1S/C16H24FNO/c1-2-18-14(9-10-15-7-5-11-19-15)12-13-6-3-4-8-16(13)17/h3-4,6,8,14-15,18H,2,5,7,9-12H2,1H3. The van der Waals surface area contributed by atoms with Crippen molar-refractivity contribution in [3.8, 4) is 0 Å². The number of halogens is 1. The molecule has 19 heavy (non-hydrogen) atoms. The van der Waals surface area contributed by atoms with E-state index < -0.39 is 0 Å². The Hall–Kier alpha value is -0.930. The molecule has 0 spiro atoms. The summed E-state index contributed by atoms with van der Waals surface area (Å²) in [5.74, 6) is -0.0949. The van der Waals surface area contributed by atoms with Gasteiger partial charge in [-0.15, -0.1) is 0 Å². The van der Waals surface area contributed by atoms with Gasteiger partial charge in [0.25, 0.3) is 0 Å². The van der Waals surface area contributed by atoms with E-state index in [9.17, 15) is 4.39 Å². The first kappa shape index (κ1) is 14.5. The van der Waals surface area contributed by atoms with Gasteiger partial charge in [-0.05, 0) is 50.3 Å². The molecule has 1 fully saturated rings. The average Bonchev–Trinajstić information content (AvgIpc) is 2.92. The molecule has 2 rings (SSSR count). The molecule has 1 aromatic carbocycles. The quantitative estimate of drug-likeness (QED) is 0.816. The van der Waals surface area contributed by atoms with Crippen molar-refractivity contribution in [2.24, 2.45) is 0 Å². The number of hydrogen-bond acceptors (Lipinski definition) is 2. The van der Waals surface area contributed by atoms with Crippen LogP contribution < -0.4 is 5.32 Å². The molecule has 0 saturated carbocycles. The molecule has 1 aliphatic rings. The van der Waals surface area contributed by atoms with E-state index in [1.54, 1.807) is 12.1 Å². The lowest BCUT2D eigenvalue weighted by atomic mass is 9.99. The van der Waals surface area contributed by atoms with E-state index in [0.29, 0.717) is 12.1 Å². The summed E-state index contributed by atoms with van der Waals surface area (Å²) >= 11 is 0. The molecule has 2 nitrogen and oxygen atoms in total. The van der Waals surface area contributed by atoms with Crippen molar-refractivity contribution in [2.45, 2.75) is 51.2 Å². The molecule has 0 bridgehead atoms. The fourth-order valence-electron chi connectivity index (χ4n) is 2.75. The van der Waals surface area contributed by atoms with Gasteiger partial charge in [-0.3, -0.25) is 0 Å². The minimum absolute atomic E-state index is 0.0949. The highest BCUT2D eigenvalue weighted by atomic mass is 19.1. The molecule has 2 unspecified atom stereocenters. The first-order valence-corrected chi connectivity index (χ1v) is 7.38. The Balaban J connectivity index is 1.86. The second kappa shape index (κ2) is 7.61. The van der Waals surface area contributed by atoms with Crippen LogP contribution in [-0.4, -0.2) is 25.3 Å². The highest BCUT2D eigenvalue weighted by molar-refractivity contribution is 5.18. The second-order valence-corrected chi connectivity index (χ2v) is 5.26. The van der Waals surface area contributed by atoms with Gasteiger partial charge in [0, 0.05) is 12.6 Å². The van der Waals surface area contributed by atoms with Gasteiger partial charge in [-0.25, -0.2) is 4.39 Å². The largest absolute Gasteiger partial charge is 0.378 e. The fourth-order valence-corrected chi connectivity index (χ4v) is 2.75. The van der Waals surface area contributed by atoms with Gasteiger partial charge in [-0.1, -0.05) is 25.1 Å². The molecular weight excluding hydrogens is 241 g/mol. The van der Waals surface area contributed by atoms with Crippen LogP contribution in [0, 0.1) is 5.82 Å². The highest BCUT2D eigenvalue weighted by Crippen LogP contribution is 2.19. The van der Waals surface area contributed by atoms with Crippen LogP contribution in [0.4, 0.5) is 4.39 Å². The van der Waals surface area contributed by atoms with Gasteiger partial charge >= 0.3 is 0 Å². The van der Waals surface area contributed by atoms with Crippen molar-refractivity contribution in [1.82, 2.24) is 5.32 Å². The Morgan fingerprint density at radius 1 is 1.42 bits per heavy atom. The van der Waals surface area contributed by atoms with E-state index in [-0.39, 0.29) is 5.82 Å². The predicted octanol–water partition coefficient (Wildman–Crippen LogP) is 3.31. The number of ether oxygens (including phenoxy) is 1. The molecule has 0 radical (unpaired) electrons. The summed E-state index contributed by atoms with van der Waals surface area (Å²) in [5.41, 5.74) is 0.806. The first-order valence-electron chi connectivity index (χ1n) is 7.38. The second-order valence-electron chi connectivity index (χ2n) is 5.26. The summed E-state index contributed by atoms with van der Waals surface area (Å²) in [4.78, 5) is 0. The van der Waals surface area contributed by atoms with Crippen LogP contribution in [0.2, 0.25) is 0 Å².